The largest absolute Gasteiger partial charge is 0.310 e. The van der Waals surface area contributed by atoms with E-state index in [9.17, 15) is 0 Å². The van der Waals surface area contributed by atoms with Crippen molar-refractivity contribution < 1.29 is 0 Å². The molecule has 3 heteroatoms. The van der Waals surface area contributed by atoms with Gasteiger partial charge in [0.05, 0.1) is 11.4 Å². The summed E-state index contributed by atoms with van der Waals surface area (Å²) in [6, 6.07) is 64.0. The fourth-order valence-electron chi connectivity index (χ4n) is 10.5. The highest BCUT2D eigenvalue weighted by Crippen LogP contribution is 2.51. The van der Waals surface area contributed by atoms with Crippen LogP contribution in [0.15, 0.2) is 170 Å². The number of nitrogens with zero attached hydrogens (tertiary/aromatic N) is 2. The predicted molar refractivity (Wildman–Crippen MR) is 255 cm³/mol. The summed E-state index contributed by atoms with van der Waals surface area (Å²) in [4.78, 5) is 4.97. The first-order chi connectivity index (χ1) is 29.3. The Labute approximate surface area is 352 Å². The Hall–Kier alpha value is -5.90. The average molecular weight is 783 g/mol. The summed E-state index contributed by atoms with van der Waals surface area (Å²) in [5.41, 5.74) is 10.1. The molecule has 0 bridgehead atoms. The van der Waals surface area contributed by atoms with Gasteiger partial charge >= 0.3 is 0 Å². The van der Waals surface area contributed by atoms with Crippen molar-refractivity contribution in [2.24, 2.45) is 0 Å². The topological polar surface area (TPSA) is 6.48 Å². The molecule has 2 aliphatic rings. The predicted octanol–water partition coefficient (Wildman–Crippen LogP) is 17.4. The van der Waals surface area contributed by atoms with Gasteiger partial charge < -0.3 is 9.80 Å². The van der Waals surface area contributed by atoms with Gasteiger partial charge in [0.1, 0.15) is 0 Å². The number of hydrogen-bond donors (Lipinski definition) is 0. The Balaban J connectivity index is 1.11. The maximum absolute atomic E-state index is 2.49. The maximum atomic E-state index is 2.49. The van der Waals surface area contributed by atoms with E-state index in [1.807, 2.05) is 11.3 Å². The highest BCUT2D eigenvalue weighted by atomic mass is 32.1. The molecule has 59 heavy (non-hydrogen) atoms. The minimum Gasteiger partial charge on any atom is -0.310 e. The fourth-order valence-corrected chi connectivity index (χ4v) is 11.7. The number of para-hydroxylation sites is 2. The van der Waals surface area contributed by atoms with Crippen molar-refractivity contribution in [2.75, 3.05) is 9.80 Å². The van der Waals surface area contributed by atoms with Crippen molar-refractivity contribution >= 4 is 87.2 Å². The van der Waals surface area contributed by atoms with Crippen LogP contribution in [0, 0.1) is 0 Å². The van der Waals surface area contributed by atoms with Crippen LogP contribution in [-0.4, -0.2) is 0 Å². The second kappa shape index (κ2) is 15.7. The Morgan fingerprint density at radius 1 is 0.356 bits per heavy atom. The van der Waals surface area contributed by atoms with Crippen LogP contribution in [0.25, 0.3) is 41.7 Å². The van der Waals surface area contributed by atoms with Crippen LogP contribution in [0.4, 0.5) is 34.1 Å². The van der Waals surface area contributed by atoms with Crippen molar-refractivity contribution in [3.8, 4) is 0 Å². The molecule has 0 spiro atoms. The molecule has 8 aromatic carbocycles. The van der Waals surface area contributed by atoms with Crippen LogP contribution >= 0.6 is 11.3 Å². The van der Waals surface area contributed by atoms with Gasteiger partial charge in [0.2, 0.25) is 0 Å². The molecule has 0 atom stereocenters. The highest BCUT2D eigenvalue weighted by Gasteiger charge is 2.24. The quantitative estimate of drug-likeness (QED) is 0.151. The van der Waals surface area contributed by atoms with Gasteiger partial charge in [0.25, 0.3) is 0 Å². The molecule has 2 aliphatic carbocycles. The Bertz CT molecular complexity index is 2880. The number of benzene rings is 8. The number of fused-ring (bicyclic) bond motifs is 7. The van der Waals surface area contributed by atoms with Crippen LogP contribution < -0.4 is 9.80 Å². The molecule has 0 radical (unpaired) electrons. The number of hydrogen-bond acceptors (Lipinski definition) is 3. The molecule has 0 amide bonds. The summed E-state index contributed by atoms with van der Waals surface area (Å²) in [6.07, 6.45) is 13.4. The van der Waals surface area contributed by atoms with E-state index in [1.165, 1.54) is 151 Å². The van der Waals surface area contributed by atoms with Gasteiger partial charge in [-0.2, -0.15) is 0 Å². The summed E-state index contributed by atoms with van der Waals surface area (Å²) < 4.78 is 2.64. The minimum absolute atomic E-state index is 0.675. The highest BCUT2D eigenvalue weighted by molar-refractivity contribution is 7.27. The lowest BCUT2D eigenvalue weighted by atomic mass is 9.84. The zero-order chi connectivity index (χ0) is 39.1. The molecule has 2 fully saturated rings. The van der Waals surface area contributed by atoms with E-state index in [4.69, 9.17) is 0 Å². The zero-order valence-electron chi connectivity index (χ0n) is 33.7. The van der Waals surface area contributed by atoms with Gasteiger partial charge in [-0.1, -0.05) is 148 Å². The molecule has 290 valence electrons. The van der Waals surface area contributed by atoms with Crippen molar-refractivity contribution in [3.05, 3.63) is 181 Å². The number of thiophene rings is 1. The zero-order valence-corrected chi connectivity index (χ0v) is 34.5. The van der Waals surface area contributed by atoms with Crippen LogP contribution in [0.3, 0.4) is 0 Å². The lowest BCUT2D eigenvalue weighted by Crippen LogP contribution is -2.11. The van der Waals surface area contributed by atoms with Crippen LogP contribution in [0.5, 0.6) is 0 Å². The van der Waals surface area contributed by atoms with Gasteiger partial charge in [-0.15, -0.1) is 11.3 Å². The van der Waals surface area contributed by atoms with E-state index in [2.05, 4.69) is 180 Å². The van der Waals surface area contributed by atoms with Crippen molar-refractivity contribution in [1.82, 2.24) is 0 Å². The molecule has 11 rings (SSSR count). The van der Waals surface area contributed by atoms with Gasteiger partial charge in [-0.3, -0.25) is 0 Å². The summed E-state index contributed by atoms with van der Waals surface area (Å²) >= 11 is 1.93. The Morgan fingerprint density at radius 3 is 1.27 bits per heavy atom. The molecule has 9 aromatic rings. The normalized spacial score (nSPS) is 15.3. The maximum Gasteiger partial charge on any atom is 0.0554 e. The molecular formula is C56H50N2S. The van der Waals surface area contributed by atoms with Gasteiger partial charge in [-0.25, -0.2) is 0 Å². The third-order valence-corrected chi connectivity index (χ3v) is 14.6. The summed E-state index contributed by atoms with van der Waals surface area (Å²) in [7, 11) is 0. The second-order valence-electron chi connectivity index (χ2n) is 16.9. The van der Waals surface area contributed by atoms with Crippen LogP contribution in [0.2, 0.25) is 0 Å². The lowest BCUT2D eigenvalue weighted by Gasteiger charge is -2.28. The van der Waals surface area contributed by atoms with E-state index in [0.29, 0.717) is 11.8 Å². The van der Waals surface area contributed by atoms with Gasteiger partial charge in [0.15, 0.2) is 0 Å². The van der Waals surface area contributed by atoms with Crippen LogP contribution in [0.1, 0.15) is 87.2 Å². The molecule has 2 nitrogen and oxygen atoms in total. The van der Waals surface area contributed by atoms with E-state index in [1.54, 1.807) is 0 Å². The van der Waals surface area contributed by atoms with E-state index < -0.39 is 0 Å². The van der Waals surface area contributed by atoms with Crippen molar-refractivity contribution in [3.63, 3.8) is 0 Å². The first-order valence-corrected chi connectivity index (χ1v) is 22.8. The summed E-state index contributed by atoms with van der Waals surface area (Å²) in [5, 5.41) is 7.75. The molecule has 1 heterocycles. The molecular weight excluding hydrogens is 733 g/mol. The molecule has 1 aromatic heterocycles. The standard InChI is InChI=1S/C56H50N2S/c1-5-17-39(18-6-1)41-29-33-45(34-30-41)57(43-21-9-3-10-22-43)52-37-51-55-49-27-15-13-25-47(49)53(38-54(55)59-56(51)50-28-16-14-26-48(50)52)58(44-23-11-4-12-24-44)46-35-31-42(32-36-46)40-19-7-2-8-20-40/h3-4,9-16,21-40H,1-2,5-8,17-20H2. The minimum atomic E-state index is 0.675. The van der Waals surface area contributed by atoms with Gasteiger partial charge in [0, 0.05) is 59.1 Å². The summed E-state index contributed by atoms with van der Waals surface area (Å²) in [5.74, 6) is 1.35. The van der Waals surface area contributed by atoms with Crippen molar-refractivity contribution in [1.29, 1.82) is 0 Å². The fraction of sp³-hybridized carbons (Fsp3) is 0.214. The molecule has 2 saturated carbocycles. The molecule has 0 aliphatic heterocycles. The molecule has 0 saturated heterocycles. The molecule has 0 unspecified atom stereocenters. The number of rotatable bonds is 8. The van der Waals surface area contributed by atoms with Crippen LogP contribution in [-0.2, 0) is 0 Å². The van der Waals surface area contributed by atoms with Crippen molar-refractivity contribution in [2.45, 2.75) is 76.0 Å². The SMILES string of the molecule is c1ccc(N(c2ccc(C3CCCCC3)cc2)c2cc3c(sc4cc(N(c5ccccc5)c5ccc(C6CCCCC6)cc5)c5ccccc5c43)c3ccccc23)cc1. The summed E-state index contributed by atoms with van der Waals surface area (Å²) in [6.45, 7) is 0. The first-order valence-electron chi connectivity index (χ1n) is 22.0. The molecule has 0 N–H and O–H groups in total. The first kappa shape index (κ1) is 36.2. The smallest absolute Gasteiger partial charge is 0.0554 e. The van der Waals surface area contributed by atoms with Gasteiger partial charge in [-0.05, 0) is 115 Å². The lowest BCUT2D eigenvalue weighted by molar-refractivity contribution is 0.443. The second-order valence-corrected chi connectivity index (χ2v) is 18.0. The Morgan fingerprint density at radius 2 is 0.763 bits per heavy atom. The number of anilines is 6. The third kappa shape index (κ3) is 6.66. The average Bonchev–Trinajstić information content (AvgIpc) is 3.70. The van der Waals surface area contributed by atoms with E-state index >= 15 is 0 Å². The third-order valence-electron chi connectivity index (χ3n) is 13.4. The van der Waals surface area contributed by atoms with E-state index in [0.717, 1.165) is 0 Å². The Kier molecular flexibility index (Phi) is 9.63. The monoisotopic (exact) mass is 782 g/mol. The van der Waals surface area contributed by atoms with E-state index in [-0.39, 0.29) is 0 Å².